The van der Waals surface area contributed by atoms with Crippen molar-refractivity contribution in [3.8, 4) is 10.4 Å². The van der Waals surface area contributed by atoms with Crippen molar-refractivity contribution in [2.45, 2.75) is 6.92 Å². The summed E-state index contributed by atoms with van der Waals surface area (Å²) in [4.78, 5) is 14.4. The van der Waals surface area contributed by atoms with E-state index in [1.54, 1.807) is 0 Å². The fourth-order valence-electron chi connectivity index (χ4n) is 1.47. The molecule has 0 aliphatic carbocycles. The molecular formula is C11H9NO2S2. The molecule has 2 aromatic rings. The standard InChI is InChI=1S/C11H9NO2S2/c1-6-3-2-4-7(5-6)9-8(10(13)14)12-11(15)16-9/h2-5H,1H3,(H,12,15)(H,13,14). The SMILES string of the molecule is Cc1cccc(-c2sc(=S)[nH]c2C(=O)O)c1. The number of benzene rings is 1. The van der Waals surface area contributed by atoms with E-state index in [2.05, 4.69) is 4.98 Å². The second-order valence-corrected chi connectivity index (χ2v) is 5.08. The van der Waals surface area contributed by atoms with E-state index >= 15 is 0 Å². The molecule has 0 aliphatic heterocycles. The van der Waals surface area contributed by atoms with Gasteiger partial charge in [-0.1, -0.05) is 29.8 Å². The topological polar surface area (TPSA) is 53.1 Å². The summed E-state index contributed by atoms with van der Waals surface area (Å²) < 4.78 is 0.480. The zero-order valence-corrected chi connectivity index (χ0v) is 10.1. The molecule has 3 nitrogen and oxygen atoms in total. The predicted octanol–water partition coefficient (Wildman–Crippen LogP) is 3.48. The third kappa shape index (κ3) is 2.05. The Balaban J connectivity index is 2.64. The van der Waals surface area contributed by atoms with Crippen LogP contribution in [0.25, 0.3) is 10.4 Å². The molecule has 0 saturated carbocycles. The number of rotatable bonds is 2. The van der Waals surface area contributed by atoms with Gasteiger partial charge in [0.1, 0.15) is 5.69 Å². The van der Waals surface area contributed by atoms with Crippen LogP contribution in [-0.2, 0) is 0 Å². The summed E-state index contributed by atoms with van der Waals surface area (Å²) in [6.45, 7) is 1.97. The average Bonchev–Trinajstić information content (AvgIpc) is 2.60. The lowest BCUT2D eigenvalue weighted by atomic mass is 10.1. The first-order valence-corrected chi connectivity index (χ1v) is 5.84. The number of aromatic amines is 1. The molecule has 0 fully saturated rings. The van der Waals surface area contributed by atoms with Crippen molar-refractivity contribution in [1.82, 2.24) is 4.98 Å². The number of carbonyl (C=O) groups is 1. The van der Waals surface area contributed by atoms with E-state index < -0.39 is 5.97 Å². The molecule has 0 amide bonds. The van der Waals surface area contributed by atoms with E-state index in [0.29, 0.717) is 8.83 Å². The number of carboxylic acids is 1. The van der Waals surface area contributed by atoms with Gasteiger partial charge in [0.2, 0.25) is 0 Å². The number of hydrogen-bond donors (Lipinski definition) is 2. The van der Waals surface area contributed by atoms with Gasteiger partial charge in [0.05, 0.1) is 4.88 Å². The molecule has 0 aliphatic rings. The van der Waals surface area contributed by atoms with Crippen molar-refractivity contribution in [3.63, 3.8) is 0 Å². The molecule has 0 bridgehead atoms. The summed E-state index contributed by atoms with van der Waals surface area (Å²) >= 11 is 6.26. The van der Waals surface area contributed by atoms with Crippen molar-refractivity contribution in [1.29, 1.82) is 0 Å². The highest BCUT2D eigenvalue weighted by atomic mass is 32.1. The normalized spacial score (nSPS) is 10.3. The van der Waals surface area contributed by atoms with Gasteiger partial charge in [-0.2, -0.15) is 0 Å². The highest BCUT2D eigenvalue weighted by molar-refractivity contribution is 7.73. The van der Waals surface area contributed by atoms with Crippen LogP contribution in [-0.4, -0.2) is 16.1 Å². The van der Waals surface area contributed by atoms with Gasteiger partial charge in [-0.3, -0.25) is 0 Å². The molecule has 1 aromatic carbocycles. The highest BCUT2D eigenvalue weighted by Crippen LogP contribution is 2.29. The number of H-pyrrole nitrogens is 1. The van der Waals surface area contributed by atoms with E-state index in [1.807, 2.05) is 31.2 Å². The maximum atomic E-state index is 11.0. The maximum absolute atomic E-state index is 11.0. The summed E-state index contributed by atoms with van der Waals surface area (Å²) in [7, 11) is 0. The number of hydrogen-bond acceptors (Lipinski definition) is 3. The Morgan fingerprint density at radius 2 is 2.25 bits per heavy atom. The number of aryl methyl sites for hydroxylation is 1. The molecule has 16 heavy (non-hydrogen) atoms. The maximum Gasteiger partial charge on any atom is 0.353 e. The number of carboxylic acid groups (broad SMARTS) is 1. The Morgan fingerprint density at radius 1 is 1.50 bits per heavy atom. The Labute approximate surface area is 101 Å². The van der Waals surface area contributed by atoms with E-state index in [-0.39, 0.29) is 5.69 Å². The second-order valence-electron chi connectivity index (χ2n) is 3.39. The zero-order valence-electron chi connectivity index (χ0n) is 8.48. The molecule has 0 radical (unpaired) electrons. The lowest BCUT2D eigenvalue weighted by Crippen LogP contribution is -1.98. The molecule has 82 valence electrons. The second kappa shape index (κ2) is 4.19. The smallest absolute Gasteiger partial charge is 0.353 e. The Kier molecular flexibility index (Phi) is 2.89. The molecule has 0 atom stereocenters. The quantitative estimate of drug-likeness (QED) is 0.803. The van der Waals surface area contributed by atoms with Crippen molar-refractivity contribution >= 4 is 29.5 Å². The Hall–Kier alpha value is -1.46. The Morgan fingerprint density at radius 3 is 2.88 bits per heavy atom. The van der Waals surface area contributed by atoms with Crippen molar-refractivity contribution in [3.05, 3.63) is 39.5 Å². The summed E-state index contributed by atoms with van der Waals surface area (Å²) in [5.74, 6) is -0.983. The van der Waals surface area contributed by atoms with Crippen LogP contribution in [0.15, 0.2) is 24.3 Å². The van der Waals surface area contributed by atoms with Crippen LogP contribution in [0.4, 0.5) is 0 Å². The van der Waals surface area contributed by atoms with Crippen LogP contribution >= 0.6 is 23.6 Å². The summed E-state index contributed by atoms with van der Waals surface area (Å²) in [6.07, 6.45) is 0. The minimum Gasteiger partial charge on any atom is -0.477 e. The van der Waals surface area contributed by atoms with E-state index in [4.69, 9.17) is 17.3 Å². The molecule has 2 rings (SSSR count). The van der Waals surface area contributed by atoms with Gasteiger partial charge in [0, 0.05) is 0 Å². The van der Waals surface area contributed by atoms with Crippen LogP contribution in [0.2, 0.25) is 0 Å². The number of aromatic carboxylic acids is 1. The molecule has 1 aromatic heterocycles. The first kappa shape index (κ1) is 11.0. The minimum atomic E-state index is -0.983. The Bertz CT molecular complexity index is 598. The van der Waals surface area contributed by atoms with E-state index in [9.17, 15) is 4.79 Å². The third-order valence-corrected chi connectivity index (χ3v) is 3.43. The van der Waals surface area contributed by atoms with Crippen LogP contribution < -0.4 is 0 Å². The molecule has 0 spiro atoms. The van der Waals surface area contributed by atoms with Crippen LogP contribution in [0.1, 0.15) is 16.1 Å². The monoisotopic (exact) mass is 251 g/mol. The lowest BCUT2D eigenvalue weighted by Gasteiger charge is -2.00. The molecular weight excluding hydrogens is 242 g/mol. The van der Waals surface area contributed by atoms with Gasteiger partial charge >= 0.3 is 5.97 Å². The van der Waals surface area contributed by atoms with Gasteiger partial charge in [0.15, 0.2) is 3.95 Å². The number of thiazole rings is 1. The third-order valence-electron chi connectivity index (χ3n) is 2.14. The fourth-order valence-corrected chi connectivity index (χ4v) is 2.64. The van der Waals surface area contributed by atoms with E-state index in [0.717, 1.165) is 11.1 Å². The van der Waals surface area contributed by atoms with Crippen LogP contribution in [0.3, 0.4) is 0 Å². The number of aromatic nitrogens is 1. The minimum absolute atomic E-state index is 0.167. The largest absolute Gasteiger partial charge is 0.477 e. The van der Waals surface area contributed by atoms with Crippen molar-refractivity contribution < 1.29 is 9.90 Å². The summed E-state index contributed by atoms with van der Waals surface area (Å²) in [6, 6.07) is 7.70. The van der Waals surface area contributed by atoms with E-state index in [1.165, 1.54) is 11.3 Å². The predicted molar refractivity (Wildman–Crippen MR) is 66.6 cm³/mol. The molecule has 2 N–H and O–H groups in total. The first-order chi connectivity index (χ1) is 7.58. The molecule has 1 heterocycles. The van der Waals surface area contributed by atoms with Gasteiger partial charge < -0.3 is 10.1 Å². The number of nitrogens with one attached hydrogen (secondary N) is 1. The zero-order chi connectivity index (χ0) is 11.7. The van der Waals surface area contributed by atoms with Crippen molar-refractivity contribution in [2.24, 2.45) is 0 Å². The van der Waals surface area contributed by atoms with Crippen molar-refractivity contribution in [2.75, 3.05) is 0 Å². The van der Waals surface area contributed by atoms with Gasteiger partial charge in [-0.15, -0.1) is 11.3 Å². The lowest BCUT2D eigenvalue weighted by molar-refractivity contribution is 0.0692. The summed E-state index contributed by atoms with van der Waals surface area (Å²) in [5, 5.41) is 9.04. The van der Waals surface area contributed by atoms with Gasteiger partial charge in [0.25, 0.3) is 0 Å². The fraction of sp³-hybridized carbons (Fsp3) is 0.0909. The summed E-state index contributed by atoms with van der Waals surface area (Å²) in [5.41, 5.74) is 2.14. The van der Waals surface area contributed by atoms with Gasteiger partial charge in [-0.05, 0) is 24.7 Å². The highest BCUT2D eigenvalue weighted by Gasteiger charge is 2.14. The molecule has 5 heteroatoms. The van der Waals surface area contributed by atoms with Crippen LogP contribution in [0, 0.1) is 10.9 Å². The molecule has 0 saturated heterocycles. The van der Waals surface area contributed by atoms with Gasteiger partial charge in [-0.25, -0.2) is 4.79 Å². The van der Waals surface area contributed by atoms with Crippen LogP contribution in [0.5, 0.6) is 0 Å². The first-order valence-electron chi connectivity index (χ1n) is 4.61. The molecule has 0 unspecified atom stereocenters. The average molecular weight is 251 g/mol.